The lowest BCUT2D eigenvalue weighted by Crippen LogP contribution is -2.35. The molecule has 1 N–H and O–H groups in total. The van der Waals surface area contributed by atoms with E-state index in [0.29, 0.717) is 28.8 Å². The van der Waals surface area contributed by atoms with Crippen molar-refractivity contribution in [3.8, 4) is 5.69 Å². The maximum Gasteiger partial charge on any atom is 0.293 e. The minimum absolute atomic E-state index is 0.0152. The van der Waals surface area contributed by atoms with Gasteiger partial charge in [0.15, 0.2) is 0 Å². The van der Waals surface area contributed by atoms with E-state index >= 15 is 0 Å². The molecule has 2 heterocycles. The first kappa shape index (κ1) is 18.5. The SMILES string of the molecule is C=CCNC(=O)Cn1nc(C(C)C)c2cnn(-c3ccc(F)cc3)c2c1=O. The van der Waals surface area contributed by atoms with Crippen molar-refractivity contribution in [3.63, 3.8) is 0 Å². The zero-order valence-electron chi connectivity index (χ0n) is 15.1. The van der Waals surface area contributed by atoms with Crippen LogP contribution in [0.3, 0.4) is 0 Å². The highest BCUT2D eigenvalue weighted by molar-refractivity contribution is 5.82. The van der Waals surface area contributed by atoms with E-state index in [0.717, 1.165) is 4.68 Å². The van der Waals surface area contributed by atoms with Crippen LogP contribution in [0, 0.1) is 5.82 Å². The van der Waals surface area contributed by atoms with Crippen molar-refractivity contribution >= 4 is 16.8 Å². The van der Waals surface area contributed by atoms with Gasteiger partial charge in [-0.05, 0) is 30.2 Å². The van der Waals surface area contributed by atoms with Crippen molar-refractivity contribution in [2.24, 2.45) is 0 Å². The lowest BCUT2D eigenvalue weighted by atomic mass is 10.1. The number of hydrogen-bond acceptors (Lipinski definition) is 4. The van der Waals surface area contributed by atoms with Crippen LogP contribution in [0.1, 0.15) is 25.5 Å². The molecule has 0 spiro atoms. The summed E-state index contributed by atoms with van der Waals surface area (Å²) in [6.45, 7) is 7.53. The Balaban J connectivity index is 2.17. The highest BCUT2D eigenvalue weighted by Crippen LogP contribution is 2.23. The van der Waals surface area contributed by atoms with Gasteiger partial charge in [-0.2, -0.15) is 10.2 Å². The van der Waals surface area contributed by atoms with Crippen LogP contribution in [-0.4, -0.2) is 32.0 Å². The van der Waals surface area contributed by atoms with E-state index in [1.54, 1.807) is 12.3 Å². The number of amides is 1. The Morgan fingerprint density at radius 3 is 2.67 bits per heavy atom. The molecule has 0 aliphatic carbocycles. The molecule has 3 rings (SSSR count). The molecule has 7 nitrogen and oxygen atoms in total. The van der Waals surface area contributed by atoms with Gasteiger partial charge in [0.2, 0.25) is 5.91 Å². The van der Waals surface area contributed by atoms with Crippen LogP contribution in [0.25, 0.3) is 16.6 Å². The maximum atomic E-state index is 13.2. The third-order valence-corrected chi connectivity index (χ3v) is 4.07. The Labute approximate surface area is 155 Å². The van der Waals surface area contributed by atoms with E-state index in [-0.39, 0.29) is 24.2 Å². The van der Waals surface area contributed by atoms with Crippen molar-refractivity contribution in [2.45, 2.75) is 26.3 Å². The largest absolute Gasteiger partial charge is 0.351 e. The zero-order chi connectivity index (χ0) is 19.6. The molecule has 2 aromatic heterocycles. The monoisotopic (exact) mass is 369 g/mol. The molecule has 3 aromatic rings. The number of halogens is 1. The van der Waals surface area contributed by atoms with Gasteiger partial charge >= 0.3 is 0 Å². The van der Waals surface area contributed by atoms with Gasteiger partial charge in [-0.15, -0.1) is 6.58 Å². The lowest BCUT2D eigenvalue weighted by molar-refractivity contribution is -0.121. The highest BCUT2D eigenvalue weighted by Gasteiger charge is 2.19. The number of hydrogen-bond donors (Lipinski definition) is 1. The van der Waals surface area contributed by atoms with Gasteiger partial charge in [-0.25, -0.2) is 13.8 Å². The minimum atomic E-state index is -0.440. The summed E-state index contributed by atoms with van der Waals surface area (Å²) in [5.74, 6) is -0.705. The second-order valence-corrected chi connectivity index (χ2v) is 6.39. The fourth-order valence-corrected chi connectivity index (χ4v) is 2.78. The molecule has 0 unspecified atom stereocenters. The van der Waals surface area contributed by atoms with Gasteiger partial charge in [0.1, 0.15) is 17.9 Å². The lowest BCUT2D eigenvalue weighted by Gasteiger charge is -2.12. The molecule has 0 atom stereocenters. The van der Waals surface area contributed by atoms with Crippen molar-refractivity contribution in [3.05, 3.63) is 65.0 Å². The van der Waals surface area contributed by atoms with Crippen LogP contribution >= 0.6 is 0 Å². The van der Waals surface area contributed by atoms with E-state index in [9.17, 15) is 14.0 Å². The van der Waals surface area contributed by atoms with Gasteiger partial charge in [-0.1, -0.05) is 19.9 Å². The molecule has 0 bridgehead atoms. The van der Waals surface area contributed by atoms with Gasteiger partial charge in [0, 0.05) is 11.9 Å². The van der Waals surface area contributed by atoms with Gasteiger partial charge in [0.05, 0.1) is 17.6 Å². The van der Waals surface area contributed by atoms with E-state index in [2.05, 4.69) is 22.1 Å². The molecular weight excluding hydrogens is 349 g/mol. The standard InChI is InChI=1S/C19H20FN5O2/c1-4-9-21-16(26)11-24-19(27)18-15(17(23-24)12(2)3)10-22-25(18)14-7-5-13(20)6-8-14/h4-8,10,12H,1,9,11H2,2-3H3,(H,21,26). The number of carbonyl (C=O) groups excluding carboxylic acids is 1. The summed E-state index contributed by atoms with van der Waals surface area (Å²) in [6.07, 6.45) is 3.13. The number of nitrogens with zero attached hydrogens (tertiary/aromatic N) is 4. The summed E-state index contributed by atoms with van der Waals surface area (Å²) in [6, 6.07) is 5.68. The summed E-state index contributed by atoms with van der Waals surface area (Å²) in [5.41, 5.74) is 1.07. The number of fused-ring (bicyclic) bond motifs is 1. The second kappa shape index (κ2) is 7.53. The second-order valence-electron chi connectivity index (χ2n) is 6.39. The molecule has 0 aliphatic rings. The molecule has 0 saturated carbocycles. The Bertz CT molecular complexity index is 1050. The fourth-order valence-electron chi connectivity index (χ4n) is 2.78. The predicted octanol–water partition coefficient (Wildman–Crippen LogP) is 2.15. The van der Waals surface area contributed by atoms with E-state index in [4.69, 9.17) is 0 Å². The van der Waals surface area contributed by atoms with Crippen molar-refractivity contribution in [1.82, 2.24) is 24.9 Å². The average molecular weight is 369 g/mol. The smallest absolute Gasteiger partial charge is 0.293 e. The normalized spacial score (nSPS) is 11.1. The molecule has 0 fully saturated rings. The zero-order valence-corrected chi connectivity index (χ0v) is 15.1. The predicted molar refractivity (Wildman–Crippen MR) is 100 cm³/mol. The minimum Gasteiger partial charge on any atom is -0.351 e. The number of nitrogens with one attached hydrogen (secondary N) is 1. The number of aromatic nitrogens is 4. The first-order valence-electron chi connectivity index (χ1n) is 8.54. The summed E-state index contributed by atoms with van der Waals surface area (Å²) in [5, 5.41) is 11.9. The third kappa shape index (κ3) is 3.64. The Hall–Kier alpha value is -3.29. The van der Waals surface area contributed by atoms with Crippen LogP contribution in [0.2, 0.25) is 0 Å². The highest BCUT2D eigenvalue weighted by atomic mass is 19.1. The summed E-state index contributed by atoms with van der Waals surface area (Å²) in [4.78, 5) is 25.0. The van der Waals surface area contributed by atoms with Gasteiger partial charge in [0.25, 0.3) is 5.56 Å². The Kier molecular flexibility index (Phi) is 5.16. The molecular formula is C19H20FN5O2. The number of benzene rings is 1. The molecule has 8 heteroatoms. The average Bonchev–Trinajstić information content (AvgIpc) is 3.08. The van der Waals surface area contributed by atoms with Crippen LogP contribution in [0.4, 0.5) is 4.39 Å². The van der Waals surface area contributed by atoms with Crippen LogP contribution < -0.4 is 10.9 Å². The Morgan fingerprint density at radius 1 is 1.33 bits per heavy atom. The summed E-state index contributed by atoms with van der Waals surface area (Å²) >= 11 is 0. The Morgan fingerprint density at radius 2 is 2.04 bits per heavy atom. The first-order valence-corrected chi connectivity index (χ1v) is 8.54. The molecule has 27 heavy (non-hydrogen) atoms. The molecule has 0 aliphatic heterocycles. The topological polar surface area (TPSA) is 81.8 Å². The van der Waals surface area contributed by atoms with Crippen molar-refractivity contribution in [2.75, 3.05) is 6.54 Å². The quantitative estimate of drug-likeness (QED) is 0.675. The third-order valence-electron chi connectivity index (χ3n) is 4.07. The molecule has 1 aromatic carbocycles. The molecule has 140 valence electrons. The van der Waals surface area contributed by atoms with E-state index in [1.807, 2.05) is 13.8 Å². The summed E-state index contributed by atoms with van der Waals surface area (Å²) in [7, 11) is 0. The molecule has 0 radical (unpaired) electrons. The van der Waals surface area contributed by atoms with Gasteiger partial charge < -0.3 is 5.32 Å². The van der Waals surface area contributed by atoms with Gasteiger partial charge in [-0.3, -0.25) is 9.59 Å². The molecule has 1 amide bonds. The van der Waals surface area contributed by atoms with Crippen LogP contribution in [0.5, 0.6) is 0 Å². The van der Waals surface area contributed by atoms with Crippen molar-refractivity contribution < 1.29 is 9.18 Å². The number of rotatable bonds is 6. The number of carbonyl (C=O) groups is 1. The fraction of sp³-hybridized carbons (Fsp3) is 0.263. The van der Waals surface area contributed by atoms with Crippen LogP contribution in [-0.2, 0) is 11.3 Å². The first-order chi connectivity index (χ1) is 12.9. The summed E-state index contributed by atoms with van der Waals surface area (Å²) < 4.78 is 15.8. The van der Waals surface area contributed by atoms with E-state index < -0.39 is 5.56 Å². The maximum absolute atomic E-state index is 13.2. The van der Waals surface area contributed by atoms with E-state index in [1.165, 1.54) is 28.9 Å². The molecule has 0 saturated heterocycles. The van der Waals surface area contributed by atoms with Crippen molar-refractivity contribution in [1.29, 1.82) is 0 Å². The van der Waals surface area contributed by atoms with Crippen LogP contribution in [0.15, 0.2) is 47.9 Å².